The smallest absolute Gasteiger partial charge is 0.330 e. The van der Waals surface area contributed by atoms with E-state index in [1.165, 1.54) is 81.9 Å². The number of allylic oxidation sites excluding steroid dienone is 8. The molecule has 7 nitrogen and oxygen atoms in total. The SMILES string of the molecule is CCCCC/C=C\C/C=C\CCCCCCCCOC(=O)[C@H](CNC(=O)CCC[NH+](C)C)NC(=O)CCCCCCC/C=C\C/C=C\CCCCC. The molecule has 0 heterocycles. The molecule has 0 aromatic heterocycles. The molecule has 0 aromatic carbocycles. The lowest BCUT2D eigenvalue weighted by atomic mass is 10.1. The van der Waals surface area contributed by atoms with Gasteiger partial charge in [0.1, 0.15) is 6.04 Å². The van der Waals surface area contributed by atoms with E-state index >= 15 is 0 Å². The highest BCUT2D eigenvalue weighted by molar-refractivity contribution is 5.85. The largest absolute Gasteiger partial charge is 0.464 e. The van der Waals surface area contributed by atoms with E-state index in [2.05, 4.69) is 87.2 Å². The van der Waals surface area contributed by atoms with Gasteiger partial charge < -0.3 is 20.3 Å². The minimum atomic E-state index is -0.863. The summed E-state index contributed by atoms with van der Waals surface area (Å²) in [6, 6.07) is -0.863. The molecule has 0 aliphatic heterocycles. The number of nitrogens with one attached hydrogen (secondary N) is 3. The van der Waals surface area contributed by atoms with Crippen molar-refractivity contribution in [3.8, 4) is 0 Å². The highest BCUT2D eigenvalue weighted by Gasteiger charge is 2.23. The summed E-state index contributed by atoms with van der Waals surface area (Å²) in [4.78, 5) is 39.4. The number of carbonyl (C=O) groups excluding carboxylic acids is 3. The molecule has 0 aliphatic rings. The van der Waals surface area contributed by atoms with E-state index < -0.39 is 12.0 Å². The van der Waals surface area contributed by atoms with Crippen molar-refractivity contribution in [2.75, 3.05) is 33.8 Å². The van der Waals surface area contributed by atoms with Crippen LogP contribution in [0.5, 0.6) is 0 Å². The van der Waals surface area contributed by atoms with Crippen molar-refractivity contribution in [2.24, 2.45) is 0 Å². The van der Waals surface area contributed by atoms with Gasteiger partial charge in [-0.05, 0) is 77.0 Å². The summed E-state index contributed by atoms with van der Waals surface area (Å²) in [5.41, 5.74) is 0. The fraction of sp³-hybridized carbons (Fsp3) is 0.756. The number of carbonyl (C=O) groups is 3. The summed E-state index contributed by atoms with van der Waals surface area (Å²) in [7, 11) is 4.12. The van der Waals surface area contributed by atoms with Crippen molar-refractivity contribution in [1.82, 2.24) is 10.6 Å². The molecule has 0 spiro atoms. The first-order valence-corrected chi connectivity index (χ1v) is 21.5. The number of hydrogen-bond acceptors (Lipinski definition) is 4. The molecule has 0 bridgehead atoms. The Morgan fingerprint density at radius 1 is 0.538 bits per heavy atom. The first-order chi connectivity index (χ1) is 25.4. The molecular weight excluding hydrogens is 647 g/mol. The highest BCUT2D eigenvalue weighted by Crippen LogP contribution is 2.10. The third kappa shape index (κ3) is 37.1. The van der Waals surface area contributed by atoms with E-state index in [1.54, 1.807) is 0 Å². The van der Waals surface area contributed by atoms with E-state index in [1.807, 2.05) is 0 Å². The third-order valence-electron chi connectivity index (χ3n) is 9.15. The van der Waals surface area contributed by atoms with Gasteiger partial charge in [0.15, 0.2) is 0 Å². The number of ether oxygens (including phenoxy) is 1. The molecule has 0 fully saturated rings. The summed E-state index contributed by atoms with van der Waals surface area (Å²) in [6.07, 6.45) is 46.0. The molecular formula is C45H82N3O4+. The van der Waals surface area contributed by atoms with Gasteiger partial charge in [-0.15, -0.1) is 0 Å². The average Bonchev–Trinajstić information content (AvgIpc) is 3.12. The van der Waals surface area contributed by atoms with Gasteiger partial charge in [0.2, 0.25) is 11.8 Å². The minimum absolute atomic E-state index is 0.0596. The molecule has 7 heteroatoms. The van der Waals surface area contributed by atoms with Crippen LogP contribution in [0.2, 0.25) is 0 Å². The average molecular weight is 729 g/mol. The molecule has 0 aliphatic carbocycles. The maximum absolute atomic E-state index is 13.0. The standard InChI is InChI=1S/C45H81N3O4/c1-5-7-9-11-13-15-17-19-21-23-25-27-29-31-33-35-40-52-45(51)42(41-46-43(49)38-36-39-48(3)4)47-44(50)37-34-32-30-28-26-24-22-20-18-16-14-12-10-8-6-2/h13-16,19-22,42H,5-12,17-18,23-41H2,1-4H3,(H,46,49)(H,47,50)/p+1/b15-13-,16-14-,21-19-,22-20-/t42-/m0/s1. The molecule has 0 aromatic rings. The Balaban J connectivity index is 4.28. The monoisotopic (exact) mass is 729 g/mol. The zero-order valence-electron chi connectivity index (χ0n) is 34.3. The second-order valence-corrected chi connectivity index (χ2v) is 14.7. The number of amides is 2. The van der Waals surface area contributed by atoms with Gasteiger partial charge in [-0.3, -0.25) is 9.59 Å². The van der Waals surface area contributed by atoms with Crippen LogP contribution in [0.15, 0.2) is 48.6 Å². The Hall–Kier alpha value is -2.67. The van der Waals surface area contributed by atoms with Gasteiger partial charge in [-0.1, -0.05) is 133 Å². The Morgan fingerprint density at radius 3 is 1.48 bits per heavy atom. The van der Waals surface area contributed by atoms with Gasteiger partial charge >= 0.3 is 5.97 Å². The highest BCUT2D eigenvalue weighted by atomic mass is 16.5. The van der Waals surface area contributed by atoms with Crippen LogP contribution in [-0.4, -0.2) is 57.6 Å². The van der Waals surface area contributed by atoms with E-state index in [-0.39, 0.29) is 18.4 Å². The maximum atomic E-state index is 13.0. The molecule has 3 N–H and O–H groups in total. The fourth-order valence-corrected chi connectivity index (χ4v) is 5.83. The van der Waals surface area contributed by atoms with Gasteiger partial charge in [-0.2, -0.15) is 0 Å². The number of esters is 1. The lowest BCUT2D eigenvalue weighted by molar-refractivity contribution is -0.858. The predicted molar refractivity (Wildman–Crippen MR) is 222 cm³/mol. The zero-order valence-corrected chi connectivity index (χ0v) is 34.3. The molecule has 1 atom stereocenters. The normalized spacial score (nSPS) is 12.6. The number of quaternary nitrogens is 1. The Labute approximate surface area is 320 Å². The number of hydrogen-bond donors (Lipinski definition) is 3. The Bertz CT molecular complexity index is 956. The van der Waals surface area contributed by atoms with Crippen molar-refractivity contribution >= 4 is 17.8 Å². The van der Waals surface area contributed by atoms with Crippen LogP contribution in [-0.2, 0) is 19.1 Å². The van der Waals surface area contributed by atoms with E-state index in [0.717, 1.165) is 83.6 Å². The predicted octanol–water partition coefficient (Wildman–Crippen LogP) is 9.68. The molecule has 0 saturated heterocycles. The maximum Gasteiger partial charge on any atom is 0.330 e. The molecule has 52 heavy (non-hydrogen) atoms. The summed E-state index contributed by atoms with van der Waals surface area (Å²) in [5, 5.41) is 5.69. The zero-order chi connectivity index (χ0) is 38.2. The first-order valence-electron chi connectivity index (χ1n) is 21.5. The Kier molecular flexibility index (Phi) is 37.5. The van der Waals surface area contributed by atoms with Crippen LogP contribution in [0.25, 0.3) is 0 Å². The van der Waals surface area contributed by atoms with E-state index in [0.29, 0.717) is 19.4 Å². The van der Waals surface area contributed by atoms with E-state index in [9.17, 15) is 14.4 Å². The van der Waals surface area contributed by atoms with Crippen molar-refractivity contribution in [2.45, 2.75) is 187 Å². The molecule has 0 radical (unpaired) electrons. The quantitative estimate of drug-likeness (QED) is 0.0338. The van der Waals surface area contributed by atoms with Crippen molar-refractivity contribution in [3.05, 3.63) is 48.6 Å². The van der Waals surface area contributed by atoms with Crippen LogP contribution >= 0.6 is 0 Å². The third-order valence-corrected chi connectivity index (χ3v) is 9.15. The molecule has 2 amide bonds. The van der Waals surface area contributed by atoms with Crippen molar-refractivity contribution in [1.29, 1.82) is 0 Å². The van der Waals surface area contributed by atoms with Gasteiger partial charge in [0, 0.05) is 25.8 Å². The second-order valence-electron chi connectivity index (χ2n) is 14.7. The summed E-state index contributed by atoms with van der Waals surface area (Å²) < 4.78 is 5.57. The molecule has 0 unspecified atom stereocenters. The summed E-state index contributed by atoms with van der Waals surface area (Å²) >= 11 is 0. The first kappa shape index (κ1) is 49.3. The summed E-state index contributed by atoms with van der Waals surface area (Å²) in [5.74, 6) is -0.729. The van der Waals surface area contributed by atoms with Gasteiger partial charge in [0.05, 0.1) is 27.2 Å². The van der Waals surface area contributed by atoms with Crippen LogP contribution in [0.1, 0.15) is 181 Å². The summed E-state index contributed by atoms with van der Waals surface area (Å²) in [6.45, 7) is 5.77. The molecule has 0 rings (SSSR count). The van der Waals surface area contributed by atoms with Gasteiger partial charge in [-0.25, -0.2) is 4.79 Å². The van der Waals surface area contributed by atoms with Crippen LogP contribution in [0, 0.1) is 0 Å². The number of unbranched alkanes of at least 4 members (excludes halogenated alkanes) is 17. The van der Waals surface area contributed by atoms with Crippen LogP contribution in [0.3, 0.4) is 0 Å². The Morgan fingerprint density at radius 2 is 0.981 bits per heavy atom. The fourth-order valence-electron chi connectivity index (χ4n) is 5.83. The lowest BCUT2D eigenvalue weighted by Gasteiger charge is -2.18. The topological polar surface area (TPSA) is 88.9 Å². The second kappa shape index (κ2) is 39.5. The van der Waals surface area contributed by atoms with Crippen molar-refractivity contribution < 1.29 is 24.0 Å². The minimum Gasteiger partial charge on any atom is -0.464 e. The van der Waals surface area contributed by atoms with Gasteiger partial charge in [0.25, 0.3) is 0 Å². The van der Waals surface area contributed by atoms with Crippen LogP contribution in [0.4, 0.5) is 0 Å². The van der Waals surface area contributed by atoms with Crippen LogP contribution < -0.4 is 15.5 Å². The van der Waals surface area contributed by atoms with Crippen molar-refractivity contribution in [3.63, 3.8) is 0 Å². The molecule has 300 valence electrons. The lowest BCUT2D eigenvalue weighted by Crippen LogP contribution is -3.05. The number of rotatable bonds is 37. The molecule has 0 saturated carbocycles. The van der Waals surface area contributed by atoms with E-state index in [4.69, 9.17) is 4.74 Å².